The zero-order valence-corrected chi connectivity index (χ0v) is 12.6. The van der Waals surface area contributed by atoms with Crippen molar-refractivity contribution in [1.82, 2.24) is 16.0 Å². The summed E-state index contributed by atoms with van der Waals surface area (Å²) in [6, 6.07) is 0. The van der Waals surface area contributed by atoms with Crippen molar-refractivity contribution in [3.8, 4) is 0 Å². The first kappa shape index (κ1) is 14.9. The molecule has 3 N–H and O–H groups in total. The first-order chi connectivity index (χ1) is 9.42. The molecule has 2 rings (SSSR count). The van der Waals surface area contributed by atoms with E-state index in [-0.39, 0.29) is 23.4 Å². The van der Waals surface area contributed by atoms with Crippen LogP contribution in [0.15, 0.2) is 11.9 Å². The van der Waals surface area contributed by atoms with Crippen LogP contribution in [-0.4, -0.2) is 17.5 Å². The summed E-state index contributed by atoms with van der Waals surface area (Å²) in [6.45, 7) is 6.06. The van der Waals surface area contributed by atoms with E-state index in [9.17, 15) is 9.59 Å². The maximum atomic E-state index is 12.1. The van der Waals surface area contributed by atoms with E-state index in [1.807, 2.05) is 6.92 Å². The van der Waals surface area contributed by atoms with Crippen molar-refractivity contribution in [2.75, 3.05) is 0 Å². The molecule has 1 saturated carbocycles. The van der Waals surface area contributed by atoms with Gasteiger partial charge >= 0.3 is 0 Å². The lowest BCUT2D eigenvalue weighted by Gasteiger charge is -2.35. The minimum absolute atomic E-state index is 0.0916. The quantitative estimate of drug-likeness (QED) is 0.732. The topological polar surface area (TPSA) is 70.2 Å². The highest BCUT2D eigenvalue weighted by atomic mass is 16.2. The van der Waals surface area contributed by atoms with Crippen molar-refractivity contribution < 1.29 is 9.59 Å². The van der Waals surface area contributed by atoms with Crippen LogP contribution >= 0.6 is 0 Å². The Labute approximate surface area is 120 Å². The van der Waals surface area contributed by atoms with E-state index in [0.717, 1.165) is 32.1 Å². The molecule has 112 valence electrons. The molecule has 1 aliphatic carbocycles. The van der Waals surface area contributed by atoms with Gasteiger partial charge in [0.05, 0.1) is 0 Å². The molecule has 1 fully saturated rings. The highest BCUT2D eigenvalue weighted by molar-refractivity contribution is 5.98. The number of nitrogens with one attached hydrogen (secondary N) is 3. The van der Waals surface area contributed by atoms with Crippen LogP contribution in [0.5, 0.6) is 0 Å². The summed E-state index contributed by atoms with van der Waals surface area (Å²) in [7, 11) is 0. The molecule has 1 heterocycles. The van der Waals surface area contributed by atoms with Crippen molar-refractivity contribution >= 4 is 11.8 Å². The molecule has 0 aromatic rings. The van der Waals surface area contributed by atoms with Gasteiger partial charge in [0.25, 0.3) is 5.91 Å². The smallest absolute Gasteiger partial charge is 0.271 e. The summed E-state index contributed by atoms with van der Waals surface area (Å²) < 4.78 is 0. The number of carbonyl (C=O) groups excluding carboxylic acids is 2. The van der Waals surface area contributed by atoms with Gasteiger partial charge in [-0.25, -0.2) is 0 Å². The van der Waals surface area contributed by atoms with Crippen LogP contribution in [0.2, 0.25) is 0 Å². The zero-order chi connectivity index (χ0) is 14.8. The molecule has 0 aromatic heterocycles. The third-order valence-electron chi connectivity index (χ3n) is 4.08. The van der Waals surface area contributed by atoms with E-state index in [1.54, 1.807) is 6.20 Å². The highest BCUT2D eigenvalue weighted by Crippen LogP contribution is 2.29. The maximum absolute atomic E-state index is 12.1. The number of hydrogen-bond acceptors (Lipinski definition) is 3. The number of amides is 2. The summed E-state index contributed by atoms with van der Waals surface area (Å²) >= 11 is 0. The van der Waals surface area contributed by atoms with Gasteiger partial charge in [-0.05, 0) is 38.0 Å². The normalized spacial score (nSPS) is 22.2. The number of rotatable bonds is 4. The Balaban J connectivity index is 1.95. The summed E-state index contributed by atoms with van der Waals surface area (Å²) in [5.41, 5.74) is 0.0395. The van der Waals surface area contributed by atoms with Crippen molar-refractivity contribution in [3.63, 3.8) is 0 Å². The Morgan fingerprint density at radius 1 is 1.35 bits per heavy atom. The SMILES string of the molecule is CC(C)C[C@H](C)C(=O)NC1=CNC2(CCCC2)NC1=O. The van der Waals surface area contributed by atoms with Gasteiger partial charge in [-0.15, -0.1) is 0 Å². The van der Waals surface area contributed by atoms with Gasteiger partial charge in [0, 0.05) is 12.1 Å². The molecule has 2 aliphatic rings. The summed E-state index contributed by atoms with van der Waals surface area (Å²) in [6.07, 6.45) is 6.60. The van der Waals surface area contributed by atoms with E-state index in [2.05, 4.69) is 29.8 Å². The van der Waals surface area contributed by atoms with Gasteiger partial charge in [-0.2, -0.15) is 0 Å². The van der Waals surface area contributed by atoms with Crippen molar-refractivity contribution in [1.29, 1.82) is 0 Å². The van der Waals surface area contributed by atoms with E-state index >= 15 is 0 Å². The summed E-state index contributed by atoms with van der Waals surface area (Å²) in [5.74, 6) is 0.0934. The molecule has 0 saturated heterocycles. The third-order valence-corrected chi connectivity index (χ3v) is 4.08. The van der Waals surface area contributed by atoms with E-state index in [0.29, 0.717) is 11.6 Å². The summed E-state index contributed by atoms with van der Waals surface area (Å²) in [4.78, 5) is 24.1. The minimum Gasteiger partial charge on any atom is -0.367 e. The molecule has 0 bridgehead atoms. The molecular formula is C15H25N3O2. The lowest BCUT2D eigenvalue weighted by molar-refractivity contribution is -0.127. The van der Waals surface area contributed by atoms with Crippen molar-refractivity contribution in [2.24, 2.45) is 11.8 Å². The second-order valence-electron chi connectivity index (χ2n) is 6.47. The number of carbonyl (C=O) groups is 2. The summed E-state index contributed by atoms with van der Waals surface area (Å²) in [5, 5.41) is 8.97. The molecule has 1 spiro atoms. The molecule has 2 amide bonds. The fourth-order valence-electron chi connectivity index (χ4n) is 3.01. The molecule has 20 heavy (non-hydrogen) atoms. The van der Waals surface area contributed by atoms with Crippen LogP contribution in [0.1, 0.15) is 52.9 Å². The first-order valence-corrected chi connectivity index (χ1v) is 7.53. The average molecular weight is 279 g/mol. The van der Waals surface area contributed by atoms with E-state index in [1.165, 1.54) is 0 Å². The minimum atomic E-state index is -0.283. The standard InChI is InChI=1S/C15H25N3O2/c1-10(2)8-11(3)13(19)17-12-9-16-15(18-14(12)20)6-4-5-7-15/h9-11,16H,4-8H2,1-3H3,(H,17,19)(H,18,20)/t11-/m0/s1. The van der Waals surface area contributed by atoms with Crippen molar-refractivity contribution in [3.05, 3.63) is 11.9 Å². The van der Waals surface area contributed by atoms with Crippen LogP contribution in [0.25, 0.3) is 0 Å². The van der Waals surface area contributed by atoms with E-state index in [4.69, 9.17) is 0 Å². The Morgan fingerprint density at radius 3 is 2.55 bits per heavy atom. The van der Waals surface area contributed by atoms with Crippen LogP contribution in [0, 0.1) is 11.8 Å². The molecule has 0 aromatic carbocycles. The molecular weight excluding hydrogens is 254 g/mol. The molecule has 5 heteroatoms. The lowest BCUT2D eigenvalue weighted by Crippen LogP contribution is -2.60. The van der Waals surface area contributed by atoms with Crippen LogP contribution in [0.4, 0.5) is 0 Å². The molecule has 5 nitrogen and oxygen atoms in total. The second-order valence-corrected chi connectivity index (χ2v) is 6.47. The van der Waals surface area contributed by atoms with Gasteiger partial charge in [0.15, 0.2) is 0 Å². The molecule has 1 atom stereocenters. The molecule has 0 radical (unpaired) electrons. The highest BCUT2D eigenvalue weighted by Gasteiger charge is 2.38. The van der Waals surface area contributed by atoms with Crippen LogP contribution < -0.4 is 16.0 Å². The predicted octanol–water partition coefficient (Wildman–Crippen LogP) is 1.62. The average Bonchev–Trinajstić information content (AvgIpc) is 2.80. The molecule has 0 unspecified atom stereocenters. The third kappa shape index (κ3) is 3.32. The monoisotopic (exact) mass is 279 g/mol. The predicted molar refractivity (Wildman–Crippen MR) is 77.3 cm³/mol. The van der Waals surface area contributed by atoms with Crippen LogP contribution in [-0.2, 0) is 9.59 Å². The number of hydrogen-bond donors (Lipinski definition) is 3. The van der Waals surface area contributed by atoms with Crippen LogP contribution in [0.3, 0.4) is 0 Å². The van der Waals surface area contributed by atoms with Gasteiger partial charge < -0.3 is 16.0 Å². The Morgan fingerprint density at radius 2 is 2.00 bits per heavy atom. The fourth-order valence-corrected chi connectivity index (χ4v) is 3.01. The molecule has 1 aliphatic heterocycles. The Bertz CT molecular complexity index is 423. The van der Waals surface area contributed by atoms with Gasteiger partial charge in [-0.3, -0.25) is 9.59 Å². The fraction of sp³-hybridized carbons (Fsp3) is 0.733. The van der Waals surface area contributed by atoms with Gasteiger partial charge in [0.2, 0.25) is 5.91 Å². The van der Waals surface area contributed by atoms with Gasteiger partial charge in [-0.1, -0.05) is 20.8 Å². The van der Waals surface area contributed by atoms with Crippen molar-refractivity contribution in [2.45, 2.75) is 58.5 Å². The van der Waals surface area contributed by atoms with E-state index < -0.39 is 0 Å². The van der Waals surface area contributed by atoms with Gasteiger partial charge in [0.1, 0.15) is 11.4 Å². The lowest BCUT2D eigenvalue weighted by atomic mass is 9.98. The largest absolute Gasteiger partial charge is 0.367 e. The zero-order valence-electron chi connectivity index (χ0n) is 12.6. The second kappa shape index (κ2) is 5.85. The Kier molecular flexibility index (Phi) is 4.35. The Hall–Kier alpha value is -1.52. The maximum Gasteiger partial charge on any atom is 0.271 e. The first-order valence-electron chi connectivity index (χ1n) is 7.53.